The number of aromatic carboxylic acids is 1. The average Bonchev–Trinajstić information content (AvgIpc) is 2.73. The first-order valence-electron chi connectivity index (χ1n) is 5.49. The first-order valence-corrected chi connectivity index (χ1v) is 5.49. The van der Waals surface area contributed by atoms with E-state index >= 15 is 0 Å². The Morgan fingerprint density at radius 1 is 1.39 bits per heavy atom. The van der Waals surface area contributed by atoms with Crippen LogP contribution in [0.5, 0.6) is 0 Å². The second kappa shape index (κ2) is 5.01. The molecule has 0 amide bonds. The number of aromatic nitrogens is 2. The standard InChI is InChI=1S/C13H14N2O3/c1-9-7-15(14-12(9)13(16)17)11-5-3-10(4-6-11)8-18-2/h3-7H,8H2,1-2H3,(H,16,17). The number of benzene rings is 1. The Kier molecular flexibility index (Phi) is 3.43. The Morgan fingerprint density at radius 2 is 2.06 bits per heavy atom. The minimum Gasteiger partial charge on any atom is -0.476 e. The van der Waals surface area contributed by atoms with Crippen molar-refractivity contribution in [3.05, 3.63) is 47.3 Å². The Morgan fingerprint density at radius 3 is 2.56 bits per heavy atom. The van der Waals surface area contributed by atoms with Crippen molar-refractivity contribution >= 4 is 5.97 Å². The fraction of sp³-hybridized carbons (Fsp3) is 0.231. The largest absolute Gasteiger partial charge is 0.476 e. The van der Waals surface area contributed by atoms with E-state index in [1.165, 1.54) is 0 Å². The Labute approximate surface area is 105 Å². The molecule has 18 heavy (non-hydrogen) atoms. The van der Waals surface area contributed by atoms with Gasteiger partial charge in [-0.15, -0.1) is 0 Å². The average molecular weight is 246 g/mol. The van der Waals surface area contributed by atoms with Gasteiger partial charge in [0.2, 0.25) is 0 Å². The van der Waals surface area contributed by atoms with Crippen LogP contribution in [0.25, 0.3) is 5.69 Å². The SMILES string of the molecule is COCc1ccc(-n2cc(C)c(C(=O)O)n2)cc1. The molecule has 0 aliphatic carbocycles. The fourth-order valence-electron chi connectivity index (χ4n) is 1.72. The van der Waals surface area contributed by atoms with Gasteiger partial charge in [-0.25, -0.2) is 9.48 Å². The number of aryl methyl sites for hydroxylation is 1. The number of carbonyl (C=O) groups is 1. The molecular weight excluding hydrogens is 232 g/mol. The molecule has 0 radical (unpaired) electrons. The van der Waals surface area contributed by atoms with Crippen LogP contribution in [0.15, 0.2) is 30.5 Å². The lowest BCUT2D eigenvalue weighted by atomic mass is 10.2. The number of carboxylic acids is 1. The zero-order chi connectivity index (χ0) is 13.1. The quantitative estimate of drug-likeness (QED) is 0.896. The zero-order valence-corrected chi connectivity index (χ0v) is 10.3. The van der Waals surface area contributed by atoms with E-state index in [-0.39, 0.29) is 5.69 Å². The van der Waals surface area contributed by atoms with Crippen LogP contribution >= 0.6 is 0 Å². The lowest BCUT2D eigenvalue weighted by Gasteiger charge is -2.03. The van der Waals surface area contributed by atoms with E-state index in [9.17, 15) is 4.79 Å². The summed E-state index contributed by atoms with van der Waals surface area (Å²) < 4.78 is 6.59. The topological polar surface area (TPSA) is 64.3 Å². The lowest BCUT2D eigenvalue weighted by molar-refractivity contribution is 0.0689. The molecule has 5 heteroatoms. The smallest absolute Gasteiger partial charge is 0.356 e. The van der Waals surface area contributed by atoms with E-state index < -0.39 is 5.97 Å². The Balaban J connectivity index is 2.31. The van der Waals surface area contributed by atoms with Gasteiger partial charge in [-0.05, 0) is 24.6 Å². The molecule has 0 spiro atoms. The summed E-state index contributed by atoms with van der Waals surface area (Å²) >= 11 is 0. The van der Waals surface area contributed by atoms with Crippen molar-refractivity contribution in [3.8, 4) is 5.69 Å². The monoisotopic (exact) mass is 246 g/mol. The number of methoxy groups -OCH3 is 1. The number of rotatable bonds is 4. The number of nitrogens with zero attached hydrogens (tertiary/aromatic N) is 2. The minimum atomic E-state index is -1.01. The molecule has 0 aliphatic rings. The van der Waals surface area contributed by atoms with Crippen molar-refractivity contribution in [1.29, 1.82) is 0 Å². The summed E-state index contributed by atoms with van der Waals surface area (Å²) in [5.74, 6) is -1.01. The van der Waals surface area contributed by atoms with Crippen molar-refractivity contribution in [2.75, 3.05) is 7.11 Å². The summed E-state index contributed by atoms with van der Waals surface area (Å²) in [7, 11) is 1.64. The third kappa shape index (κ3) is 2.41. The van der Waals surface area contributed by atoms with Gasteiger partial charge >= 0.3 is 5.97 Å². The molecule has 0 aliphatic heterocycles. The van der Waals surface area contributed by atoms with E-state index in [2.05, 4.69) is 5.10 Å². The second-order valence-corrected chi connectivity index (χ2v) is 4.01. The molecule has 1 aromatic carbocycles. The van der Waals surface area contributed by atoms with Crippen molar-refractivity contribution in [1.82, 2.24) is 9.78 Å². The zero-order valence-electron chi connectivity index (χ0n) is 10.3. The van der Waals surface area contributed by atoms with Crippen LogP contribution in [-0.2, 0) is 11.3 Å². The summed E-state index contributed by atoms with van der Waals surface area (Å²) in [5.41, 5.74) is 2.61. The first-order chi connectivity index (χ1) is 8.61. The molecule has 2 rings (SSSR count). The van der Waals surface area contributed by atoms with Crippen molar-refractivity contribution in [2.24, 2.45) is 0 Å². The van der Waals surface area contributed by atoms with Crippen LogP contribution in [0.2, 0.25) is 0 Å². The van der Waals surface area contributed by atoms with Gasteiger partial charge in [0.25, 0.3) is 0 Å². The molecule has 0 fully saturated rings. The molecule has 1 N–H and O–H groups in total. The minimum absolute atomic E-state index is 0.0796. The van der Waals surface area contributed by atoms with Crippen LogP contribution in [0, 0.1) is 6.92 Å². The Bertz CT molecular complexity index is 558. The van der Waals surface area contributed by atoms with Gasteiger partial charge in [0, 0.05) is 18.9 Å². The highest BCUT2D eigenvalue weighted by molar-refractivity contribution is 5.86. The van der Waals surface area contributed by atoms with Crippen LogP contribution < -0.4 is 0 Å². The number of ether oxygens (including phenoxy) is 1. The van der Waals surface area contributed by atoms with Gasteiger partial charge in [0.1, 0.15) is 0 Å². The normalized spacial score (nSPS) is 10.6. The number of hydrogen-bond acceptors (Lipinski definition) is 3. The molecule has 1 heterocycles. The van der Waals surface area contributed by atoms with E-state index in [0.29, 0.717) is 12.2 Å². The molecule has 1 aromatic heterocycles. The van der Waals surface area contributed by atoms with Gasteiger partial charge < -0.3 is 9.84 Å². The predicted molar refractivity (Wildman–Crippen MR) is 66.0 cm³/mol. The van der Waals surface area contributed by atoms with Gasteiger partial charge in [-0.2, -0.15) is 5.10 Å². The highest BCUT2D eigenvalue weighted by Gasteiger charge is 2.12. The second-order valence-electron chi connectivity index (χ2n) is 4.01. The molecular formula is C13H14N2O3. The molecule has 2 aromatic rings. The van der Waals surface area contributed by atoms with E-state index in [1.54, 1.807) is 24.9 Å². The van der Waals surface area contributed by atoms with Gasteiger partial charge in [0.05, 0.1) is 12.3 Å². The number of hydrogen-bond donors (Lipinski definition) is 1. The van der Waals surface area contributed by atoms with Crippen molar-refractivity contribution < 1.29 is 14.6 Å². The van der Waals surface area contributed by atoms with Gasteiger partial charge in [-0.1, -0.05) is 12.1 Å². The predicted octanol–water partition coefficient (Wildman–Crippen LogP) is 2.03. The van der Waals surface area contributed by atoms with Crippen LogP contribution in [-0.4, -0.2) is 28.0 Å². The fourth-order valence-corrected chi connectivity index (χ4v) is 1.72. The molecule has 5 nitrogen and oxygen atoms in total. The molecule has 0 saturated carbocycles. The lowest BCUT2D eigenvalue weighted by Crippen LogP contribution is -2.01. The van der Waals surface area contributed by atoms with Crippen molar-refractivity contribution in [2.45, 2.75) is 13.5 Å². The summed E-state index contributed by atoms with van der Waals surface area (Å²) in [6, 6.07) is 7.62. The summed E-state index contributed by atoms with van der Waals surface area (Å²) in [6.07, 6.45) is 1.70. The van der Waals surface area contributed by atoms with Crippen LogP contribution in [0.4, 0.5) is 0 Å². The summed E-state index contributed by atoms with van der Waals surface area (Å²) in [6.45, 7) is 2.28. The Hall–Kier alpha value is -2.14. The van der Waals surface area contributed by atoms with Crippen LogP contribution in [0.1, 0.15) is 21.6 Å². The molecule has 0 bridgehead atoms. The van der Waals surface area contributed by atoms with Crippen molar-refractivity contribution in [3.63, 3.8) is 0 Å². The maximum Gasteiger partial charge on any atom is 0.356 e. The maximum absolute atomic E-state index is 10.9. The molecule has 0 atom stereocenters. The van der Waals surface area contributed by atoms with E-state index in [0.717, 1.165) is 11.3 Å². The third-order valence-electron chi connectivity index (χ3n) is 2.61. The van der Waals surface area contributed by atoms with E-state index in [1.807, 2.05) is 24.3 Å². The van der Waals surface area contributed by atoms with Gasteiger partial charge in [-0.3, -0.25) is 0 Å². The van der Waals surface area contributed by atoms with Crippen LogP contribution in [0.3, 0.4) is 0 Å². The summed E-state index contributed by atoms with van der Waals surface area (Å²) in [4.78, 5) is 10.9. The summed E-state index contributed by atoms with van der Waals surface area (Å²) in [5, 5.41) is 13.0. The molecule has 0 unspecified atom stereocenters. The molecule has 94 valence electrons. The maximum atomic E-state index is 10.9. The number of carboxylic acid groups (broad SMARTS) is 1. The van der Waals surface area contributed by atoms with Gasteiger partial charge in [0.15, 0.2) is 5.69 Å². The first kappa shape index (κ1) is 12.3. The highest BCUT2D eigenvalue weighted by atomic mass is 16.5. The third-order valence-corrected chi connectivity index (χ3v) is 2.61. The molecule has 0 saturated heterocycles. The highest BCUT2D eigenvalue weighted by Crippen LogP contribution is 2.13. The van der Waals surface area contributed by atoms with E-state index in [4.69, 9.17) is 9.84 Å².